The number of amides is 1. The molecule has 0 aliphatic carbocycles. The van der Waals surface area contributed by atoms with E-state index in [-0.39, 0.29) is 11.8 Å². The number of aryl methyl sites for hydroxylation is 1. The molecule has 1 saturated heterocycles. The van der Waals surface area contributed by atoms with Gasteiger partial charge in [-0.15, -0.1) is 0 Å². The number of piperidine rings is 1. The average molecular weight is 440 g/mol. The van der Waals surface area contributed by atoms with E-state index in [1.165, 1.54) is 19.4 Å². The topological polar surface area (TPSA) is 106 Å². The van der Waals surface area contributed by atoms with Crippen molar-refractivity contribution in [3.63, 3.8) is 0 Å². The van der Waals surface area contributed by atoms with Crippen LogP contribution in [0.4, 0.5) is 17.3 Å². The van der Waals surface area contributed by atoms with Crippen molar-refractivity contribution in [2.45, 2.75) is 58.9 Å². The van der Waals surface area contributed by atoms with Crippen LogP contribution in [0.5, 0.6) is 0 Å². The van der Waals surface area contributed by atoms with Gasteiger partial charge in [-0.25, -0.2) is 4.98 Å². The van der Waals surface area contributed by atoms with Gasteiger partial charge in [0.2, 0.25) is 5.91 Å². The maximum Gasteiger partial charge on any atom is 0.433 e. The van der Waals surface area contributed by atoms with E-state index < -0.39 is 4.92 Å². The summed E-state index contributed by atoms with van der Waals surface area (Å²) >= 11 is 0. The fourth-order valence-electron chi connectivity index (χ4n) is 4.33. The van der Waals surface area contributed by atoms with E-state index in [1.54, 1.807) is 6.07 Å². The number of anilines is 2. The van der Waals surface area contributed by atoms with E-state index in [2.05, 4.69) is 27.8 Å². The average Bonchev–Trinajstić information content (AvgIpc) is 3.39. The lowest BCUT2D eigenvalue weighted by atomic mass is 10.1. The number of nitrogens with zero attached hydrogens (tertiary/aromatic N) is 4. The summed E-state index contributed by atoms with van der Waals surface area (Å²) in [6.45, 7) is 6.27. The van der Waals surface area contributed by atoms with Crippen molar-refractivity contribution in [3.05, 3.63) is 34.4 Å². The number of imidazole rings is 1. The summed E-state index contributed by atoms with van der Waals surface area (Å²) in [4.78, 5) is 29.5. The first-order valence-corrected chi connectivity index (χ1v) is 11.3. The number of unbranched alkanes of at least 4 members (excludes halogenated alkanes) is 2. The Morgan fingerprint density at radius 2 is 2.00 bits per heavy atom. The largest absolute Gasteiger partial charge is 0.433 e. The zero-order valence-corrected chi connectivity index (χ0v) is 18.6. The van der Waals surface area contributed by atoms with Gasteiger partial charge in [-0.2, -0.15) is 0 Å². The first kappa shape index (κ1) is 21.9. The molecule has 0 spiro atoms. The van der Waals surface area contributed by atoms with Gasteiger partial charge < -0.3 is 19.2 Å². The Bertz CT molecular complexity index is 1130. The molecule has 170 valence electrons. The van der Waals surface area contributed by atoms with Crippen molar-refractivity contribution in [1.82, 2.24) is 9.55 Å². The summed E-state index contributed by atoms with van der Waals surface area (Å²) in [5.74, 6) is 0.491. The number of fused-ring (bicyclic) bond motifs is 1. The van der Waals surface area contributed by atoms with Crippen molar-refractivity contribution < 1.29 is 14.1 Å². The lowest BCUT2D eigenvalue weighted by Gasteiger charge is -2.30. The van der Waals surface area contributed by atoms with Crippen LogP contribution in [0.1, 0.15) is 52.4 Å². The molecule has 3 aromatic rings. The van der Waals surface area contributed by atoms with Gasteiger partial charge in [0.15, 0.2) is 11.6 Å². The molecular formula is C23H29N5O4. The second-order valence-electron chi connectivity index (χ2n) is 8.28. The number of carbonyl (C=O) groups is 1. The van der Waals surface area contributed by atoms with E-state index in [0.717, 1.165) is 74.1 Å². The smallest absolute Gasteiger partial charge is 0.397 e. The predicted octanol–water partition coefficient (Wildman–Crippen LogP) is 5.34. The molecule has 3 heterocycles. The molecule has 2 aromatic heterocycles. The highest BCUT2D eigenvalue weighted by Crippen LogP contribution is 2.36. The van der Waals surface area contributed by atoms with Gasteiger partial charge in [0.05, 0.1) is 28.5 Å². The molecule has 0 bridgehead atoms. The van der Waals surface area contributed by atoms with Crippen LogP contribution < -0.4 is 10.2 Å². The van der Waals surface area contributed by atoms with Gasteiger partial charge in [0, 0.05) is 26.6 Å². The molecule has 9 nitrogen and oxygen atoms in total. The number of nitrogens with one attached hydrogen (secondary N) is 1. The van der Waals surface area contributed by atoms with Gasteiger partial charge in [-0.05, 0) is 43.9 Å². The second kappa shape index (κ2) is 9.42. The molecule has 1 N–H and O–H groups in total. The summed E-state index contributed by atoms with van der Waals surface area (Å²) in [5, 5.41) is 14.1. The molecule has 0 radical (unpaired) electrons. The van der Waals surface area contributed by atoms with Gasteiger partial charge in [-0.3, -0.25) is 14.9 Å². The second-order valence-corrected chi connectivity index (χ2v) is 8.28. The summed E-state index contributed by atoms with van der Waals surface area (Å²) in [6.07, 6.45) is 6.57. The molecule has 32 heavy (non-hydrogen) atoms. The minimum atomic E-state index is -0.545. The lowest BCUT2D eigenvalue weighted by molar-refractivity contribution is -0.401. The van der Waals surface area contributed by atoms with Gasteiger partial charge in [-0.1, -0.05) is 19.8 Å². The minimum Gasteiger partial charge on any atom is -0.397 e. The summed E-state index contributed by atoms with van der Waals surface area (Å²) in [6, 6.07) is 6.94. The zero-order chi connectivity index (χ0) is 22.7. The van der Waals surface area contributed by atoms with Crippen LogP contribution in [0.15, 0.2) is 28.7 Å². The number of carbonyl (C=O) groups excluding carboxylic acids is 1. The third kappa shape index (κ3) is 4.46. The molecule has 1 aromatic carbocycles. The van der Waals surface area contributed by atoms with E-state index in [4.69, 9.17) is 9.40 Å². The van der Waals surface area contributed by atoms with Crippen molar-refractivity contribution >= 4 is 34.2 Å². The van der Waals surface area contributed by atoms with Crippen molar-refractivity contribution in [3.8, 4) is 11.6 Å². The van der Waals surface area contributed by atoms with E-state index in [0.29, 0.717) is 11.6 Å². The molecule has 9 heteroatoms. The van der Waals surface area contributed by atoms with Crippen LogP contribution in [0, 0.1) is 10.1 Å². The summed E-state index contributed by atoms with van der Waals surface area (Å²) in [7, 11) is 0. The maximum absolute atomic E-state index is 11.9. The van der Waals surface area contributed by atoms with Crippen LogP contribution in [-0.2, 0) is 11.3 Å². The first-order chi connectivity index (χ1) is 15.5. The Morgan fingerprint density at radius 1 is 1.22 bits per heavy atom. The molecule has 0 saturated carbocycles. The highest BCUT2D eigenvalue weighted by Gasteiger charge is 2.23. The third-order valence-electron chi connectivity index (χ3n) is 5.85. The Morgan fingerprint density at radius 3 is 2.66 bits per heavy atom. The van der Waals surface area contributed by atoms with Crippen molar-refractivity contribution in [1.29, 1.82) is 0 Å². The maximum atomic E-state index is 11.9. The third-order valence-corrected chi connectivity index (χ3v) is 5.85. The SMILES string of the molecule is CCCCCn1c(-c2ccc([N+](=O)[O-])o2)nc2cc(NC(C)=O)c(N3CCCCC3)cc21. The normalized spacial score (nSPS) is 14.1. The van der Waals surface area contributed by atoms with Crippen molar-refractivity contribution in [2.75, 3.05) is 23.3 Å². The van der Waals surface area contributed by atoms with Crippen LogP contribution in [0.2, 0.25) is 0 Å². The van der Waals surface area contributed by atoms with Crippen LogP contribution >= 0.6 is 0 Å². The quantitative estimate of drug-likeness (QED) is 0.288. The standard InChI is InChI=1S/C23H29N5O4/c1-3-4-6-13-27-20-15-19(26-11-7-5-8-12-26)17(24-16(2)29)14-18(20)25-23(27)21-9-10-22(32-21)28(30)31/h9-10,14-15H,3-8,11-13H2,1-2H3,(H,24,29). The fourth-order valence-corrected chi connectivity index (χ4v) is 4.33. The number of furan rings is 1. The Balaban J connectivity index is 1.86. The highest BCUT2D eigenvalue weighted by atomic mass is 16.6. The first-order valence-electron chi connectivity index (χ1n) is 11.3. The summed E-state index contributed by atoms with van der Waals surface area (Å²) < 4.78 is 7.57. The molecule has 0 unspecified atom stereocenters. The Labute approximate surface area is 186 Å². The van der Waals surface area contributed by atoms with Crippen molar-refractivity contribution in [2.24, 2.45) is 0 Å². The lowest BCUT2D eigenvalue weighted by Crippen LogP contribution is -2.30. The van der Waals surface area contributed by atoms with Crippen LogP contribution in [0.25, 0.3) is 22.6 Å². The number of hydrogen-bond acceptors (Lipinski definition) is 6. The van der Waals surface area contributed by atoms with Gasteiger partial charge in [0.1, 0.15) is 4.92 Å². The zero-order valence-electron chi connectivity index (χ0n) is 18.6. The van der Waals surface area contributed by atoms with Crippen LogP contribution in [-0.4, -0.2) is 33.5 Å². The predicted molar refractivity (Wildman–Crippen MR) is 124 cm³/mol. The molecule has 1 aliphatic heterocycles. The number of hydrogen-bond donors (Lipinski definition) is 1. The van der Waals surface area contributed by atoms with E-state index in [9.17, 15) is 14.9 Å². The molecular weight excluding hydrogens is 410 g/mol. The van der Waals surface area contributed by atoms with E-state index in [1.807, 2.05) is 6.07 Å². The molecule has 4 rings (SSSR count). The number of nitro groups is 1. The van der Waals surface area contributed by atoms with E-state index >= 15 is 0 Å². The van der Waals surface area contributed by atoms with Gasteiger partial charge >= 0.3 is 5.88 Å². The summed E-state index contributed by atoms with van der Waals surface area (Å²) in [5.41, 5.74) is 3.38. The molecule has 1 fully saturated rings. The minimum absolute atomic E-state index is 0.133. The number of aromatic nitrogens is 2. The molecule has 0 atom stereocenters. The van der Waals surface area contributed by atoms with Gasteiger partial charge in [0.25, 0.3) is 0 Å². The monoisotopic (exact) mass is 439 g/mol. The number of benzene rings is 1. The Kier molecular flexibility index (Phi) is 6.43. The van der Waals surface area contributed by atoms with Crippen LogP contribution in [0.3, 0.4) is 0 Å². The fraction of sp³-hybridized carbons (Fsp3) is 0.478. The highest BCUT2D eigenvalue weighted by molar-refractivity contribution is 5.98. The Hall–Kier alpha value is -3.36. The molecule has 1 amide bonds. The number of rotatable bonds is 8. The molecule has 1 aliphatic rings.